The summed E-state index contributed by atoms with van der Waals surface area (Å²) in [7, 11) is 0. The summed E-state index contributed by atoms with van der Waals surface area (Å²) >= 11 is 14.5. The highest BCUT2D eigenvalue weighted by Crippen LogP contribution is 2.58. The van der Waals surface area contributed by atoms with Crippen LogP contribution in [0.1, 0.15) is 0 Å². The van der Waals surface area contributed by atoms with E-state index in [4.69, 9.17) is 9.47 Å². The molecule has 0 saturated carbocycles. The molecule has 0 aromatic heterocycles. The molecule has 0 aliphatic carbocycles. The molecule has 4 nitrogen and oxygen atoms in total. The molecular weight excluding hydrogens is 657 g/mol. The smallest absolute Gasteiger partial charge is 0.120 e. The van der Waals surface area contributed by atoms with Gasteiger partial charge >= 0.3 is 0 Å². The standard InChI is InChI=1S/C28H28O4S8/c1-33-25-26(34-2)38-23(37-25)21-17-7-5-16(32-12-10-30)14-20(17)22(24-39-27(35-3)28(36-4)40-24)18-8-6-15(13-19(18)21)31-11-9-29/h5-8,13-14,29-30H,9-12H2,1-4H3. The largest absolute Gasteiger partial charge is 0.491 e. The van der Waals surface area contributed by atoms with Gasteiger partial charge in [0.2, 0.25) is 0 Å². The topological polar surface area (TPSA) is 58.9 Å². The molecule has 3 aromatic carbocycles. The van der Waals surface area contributed by atoms with Crippen molar-refractivity contribution in [2.45, 2.75) is 0 Å². The van der Waals surface area contributed by atoms with Gasteiger partial charge in [-0.15, -0.1) is 47.0 Å². The van der Waals surface area contributed by atoms with Gasteiger partial charge in [0.25, 0.3) is 0 Å². The normalized spacial score (nSPS) is 15.8. The van der Waals surface area contributed by atoms with Gasteiger partial charge in [0.15, 0.2) is 0 Å². The van der Waals surface area contributed by atoms with Gasteiger partial charge in [-0.1, -0.05) is 47.0 Å². The van der Waals surface area contributed by atoms with Crippen LogP contribution in [0.4, 0.5) is 0 Å². The number of ether oxygens (including phenoxy) is 2. The molecule has 212 valence electrons. The van der Waals surface area contributed by atoms with Crippen LogP contribution in [0.3, 0.4) is 0 Å². The number of hydrogen-bond acceptors (Lipinski definition) is 12. The zero-order chi connectivity index (χ0) is 28.2. The lowest BCUT2D eigenvalue weighted by Gasteiger charge is -2.14. The highest BCUT2D eigenvalue weighted by atomic mass is 32.3. The van der Waals surface area contributed by atoms with Crippen LogP contribution in [0, 0.1) is 0 Å². The lowest BCUT2D eigenvalue weighted by molar-refractivity contribution is 0.201. The Labute approximate surface area is 268 Å². The van der Waals surface area contributed by atoms with Crippen LogP contribution in [0.15, 0.2) is 53.3 Å². The summed E-state index contributed by atoms with van der Waals surface area (Å²) in [5.41, 5.74) is 0. The van der Waals surface area contributed by atoms with Gasteiger partial charge < -0.3 is 19.7 Å². The molecule has 0 atom stereocenters. The van der Waals surface area contributed by atoms with Crippen molar-refractivity contribution in [1.82, 2.24) is 0 Å². The van der Waals surface area contributed by atoms with Crippen molar-refractivity contribution in [3.63, 3.8) is 0 Å². The van der Waals surface area contributed by atoms with Crippen molar-refractivity contribution >= 4 is 124 Å². The van der Waals surface area contributed by atoms with E-state index >= 15 is 0 Å². The van der Waals surface area contributed by atoms with E-state index in [1.54, 1.807) is 47.0 Å². The molecule has 2 aliphatic heterocycles. The van der Waals surface area contributed by atoms with Gasteiger partial charge in [-0.2, -0.15) is 0 Å². The van der Waals surface area contributed by atoms with Crippen molar-refractivity contribution in [3.8, 4) is 11.5 Å². The molecule has 2 aliphatic rings. The molecule has 0 radical (unpaired) electrons. The van der Waals surface area contributed by atoms with E-state index in [9.17, 15) is 10.2 Å². The van der Waals surface area contributed by atoms with Gasteiger partial charge in [-0.05, 0) is 83.0 Å². The van der Waals surface area contributed by atoms with Gasteiger partial charge in [0.1, 0.15) is 24.7 Å². The maximum absolute atomic E-state index is 9.40. The maximum Gasteiger partial charge on any atom is 0.120 e. The molecular formula is C28H28O4S8. The second kappa shape index (κ2) is 14.5. The Hall–Kier alpha value is -0.280. The Morgan fingerprint density at radius 2 is 0.900 bits per heavy atom. The van der Waals surface area contributed by atoms with Gasteiger partial charge in [-0.3, -0.25) is 0 Å². The van der Waals surface area contributed by atoms with Crippen molar-refractivity contribution in [1.29, 1.82) is 0 Å². The first-order valence-electron chi connectivity index (χ1n) is 12.2. The Bertz CT molecular complexity index is 1480. The van der Waals surface area contributed by atoms with Crippen LogP contribution >= 0.6 is 94.1 Å². The van der Waals surface area contributed by atoms with Crippen molar-refractivity contribution in [2.24, 2.45) is 0 Å². The first kappa shape index (κ1) is 31.2. The quantitative estimate of drug-likeness (QED) is 0.208. The van der Waals surface area contributed by atoms with Crippen molar-refractivity contribution in [2.75, 3.05) is 51.5 Å². The summed E-state index contributed by atoms with van der Waals surface area (Å²) in [5.74, 6) is 1.49. The summed E-state index contributed by atoms with van der Waals surface area (Å²) in [6.45, 7) is 0.445. The monoisotopic (exact) mass is 684 g/mol. The first-order valence-corrected chi connectivity index (χ1v) is 20.3. The first-order chi connectivity index (χ1) is 19.6. The minimum absolute atomic E-state index is 0.0303. The van der Waals surface area contributed by atoms with Crippen LogP contribution in [-0.2, 0) is 0 Å². The summed E-state index contributed by atoms with van der Waals surface area (Å²) in [5, 5.41) is 25.8. The third-order valence-corrected chi connectivity index (χ3v) is 16.5. The zero-order valence-electron chi connectivity index (χ0n) is 22.3. The van der Waals surface area contributed by atoms with E-state index in [0.717, 1.165) is 33.0 Å². The van der Waals surface area contributed by atoms with Crippen LogP contribution in [0.25, 0.3) is 30.0 Å². The minimum atomic E-state index is -0.0303. The second-order valence-electron chi connectivity index (χ2n) is 8.26. The lowest BCUT2D eigenvalue weighted by atomic mass is 9.98. The van der Waals surface area contributed by atoms with E-state index in [1.165, 1.54) is 35.9 Å². The molecule has 0 amide bonds. The number of aliphatic hydroxyl groups excluding tert-OH is 2. The summed E-state index contributed by atoms with van der Waals surface area (Å²) in [4.78, 5) is 0. The molecule has 12 heteroatoms. The molecule has 40 heavy (non-hydrogen) atoms. The fraction of sp³-hybridized carbons (Fsp3) is 0.286. The lowest BCUT2D eigenvalue weighted by Crippen LogP contribution is -2.17. The predicted octanol–water partition coefficient (Wildman–Crippen LogP) is 7.53. The number of benzene rings is 3. The van der Waals surface area contributed by atoms with Crippen LogP contribution < -0.4 is 19.9 Å². The van der Waals surface area contributed by atoms with E-state index < -0.39 is 0 Å². The molecule has 3 aromatic rings. The SMILES string of the molecule is CSC1=C(SC)SC(=c2c3ccc(OCCO)cc3c(=C3SC(SC)=C(SC)S3)c3ccc(OCCO)cc23)S1. The number of thioether (sulfide) groups is 8. The average Bonchev–Trinajstić information content (AvgIpc) is 3.61. The molecule has 0 bridgehead atoms. The summed E-state index contributed by atoms with van der Waals surface area (Å²) in [6, 6.07) is 12.6. The molecule has 0 unspecified atom stereocenters. The highest BCUT2D eigenvalue weighted by molar-refractivity contribution is 8.46. The van der Waals surface area contributed by atoms with E-state index in [0.29, 0.717) is 0 Å². The Balaban J connectivity index is 1.91. The number of fused-ring (bicyclic) bond motifs is 2. The molecule has 2 heterocycles. The van der Waals surface area contributed by atoms with Gasteiger partial charge in [-0.25, -0.2) is 0 Å². The van der Waals surface area contributed by atoms with Gasteiger partial charge in [0.05, 0.1) is 38.6 Å². The molecule has 5 rings (SSSR count). The Morgan fingerprint density at radius 1 is 0.550 bits per heavy atom. The minimum Gasteiger partial charge on any atom is -0.491 e. The molecule has 0 spiro atoms. The van der Waals surface area contributed by atoms with E-state index in [1.807, 2.05) is 59.2 Å². The third-order valence-electron chi connectivity index (χ3n) is 6.00. The molecule has 0 saturated heterocycles. The van der Waals surface area contributed by atoms with E-state index in [-0.39, 0.29) is 26.4 Å². The van der Waals surface area contributed by atoms with Crippen molar-refractivity contribution in [3.05, 3.63) is 63.8 Å². The third kappa shape index (κ3) is 6.32. The maximum atomic E-state index is 9.40. The Kier molecular flexibility index (Phi) is 11.3. The van der Waals surface area contributed by atoms with E-state index in [2.05, 4.69) is 49.3 Å². The highest BCUT2D eigenvalue weighted by Gasteiger charge is 2.26. The number of hydrogen-bond donors (Lipinski definition) is 2. The van der Waals surface area contributed by atoms with Crippen LogP contribution in [-0.4, -0.2) is 61.7 Å². The second-order valence-corrected chi connectivity index (χ2v) is 17.2. The van der Waals surface area contributed by atoms with Crippen LogP contribution in [0.5, 0.6) is 11.5 Å². The summed E-state index contributed by atoms with van der Waals surface area (Å²) in [6.07, 6.45) is 8.55. The fourth-order valence-electron chi connectivity index (χ4n) is 4.38. The fourth-order valence-corrected chi connectivity index (χ4v) is 14.6. The zero-order valence-corrected chi connectivity index (χ0v) is 28.8. The van der Waals surface area contributed by atoms with Crippen LogP contribution in [0.2, 0.25) is 0 Å². The molecule has 2 N–H and O–H groups in total. The van der Waals surface area contributed by atoms with Gasteiger partial charge in [0, 0.05) is 10.4 Å². The summed E-state index contributed by atoms with van der Waals surface area (Å²) < 4.78 is 19.6. The average molecular weight is 685 g/mol. The predicted molar refractivity (Wildman–Crippen MR) is 191 cm³/mol. The number of aliphatic hydroxyl groups is 2. The molecule has 0 fully saturated rings. The number of rotatable bonds is 10. The van der Waals surface area contributed by atoms with Crippen molar-refractivity contribution < 1.29 is 19.7 Å². The Morgan fingerprint density at radius 3 is 1.20 bits per heavy atom.